The number of nitrogens with zero attached hydrogens (tertiary/aromatic N) is 3. The maximum atomic E-state index is 13.1. The maximum Gasteiger partial charge on any atom is 0.299 e. The van der Waals surface area contributed by atoms with Crippen LogP contribution < -0.4 is 5.32 Å². The number of benzene rings is 2. The molecular formula is C21H14N4O5S. The minimum absolute atomic E-state index is 0.130. The number of amides is 1. The Morgan fingerprint density at radius 3 is 2.45 bits per heavy atom. The smallest absolute Gasteiger partial charge is 0.299 e. The molecule has 0 saturated heterocycles. The molecule has 0 aliphatic carbocycles. The molecule has 154 valence electrons. The first-order chi connectivity index (χ1) is 14.8. The van der Waals surface area contributed by atoms with Crippen LogP contribution in [-0.2, 0) is 0 Å². The van der Waals surface area contributed by atoms with Crippen LogP contribution in [0.1, 0.15) is 15.2 Å². The number of rotatable bonds is 5. The second kappa shape index (κ2) is 7.92. The molecule has 31 heavy (non-hydrogen) atoms. The van der Waals surface area contributed by atoms with Crippen molar-refractivity contribution in [1.82, 2.24) is 4.98 Å². The minimum Gasteiger partial charge on any atom is -0.316 e. The van der Waals surface area contributed by atoms with Crippen LogP contribution in [0.3, 0.4) is 0 Å². The summed E-state index contributed by atoms with van der Waals surface area (Å²) in [6, 6.07) is 15.7. The van der Waals surface area contributed by atoms with Gasteiger partial charge in [-0.1, -0.05) is 18.2 Å². The highest BCUT2D eigenvalue weighted by Gasteiger charge is 2.22. The number of thiophene rings is 1. The predicted octanol–water partition coefficient (Wildman–Crippen LogP) is 5.34. The Bertz CT molecular complexity index is 1370. The summed E-state index contributed by atoms with van der Waals surface area (Å²) in [7, 11) is 0. The van der Waals surface area contributed by atoms with Gasteiger partial charge in [0.25, 0.3) is 17.3 Å². The molecule has 0 fully saturated rings. The first-order valence-electron chi connectivity index (χ1n) is 9.04. The Morgan fingerprint density at radius 1 is 1.00 bits per heavy atom. The van der Waals surface area contributed by atoms with E-state index < -0.39 is 27.1 Å². The molecule has 2 heterocycles. The molecule has 4 aromatic rings. The Morgan fingerprint density at radius 2 is 1.77 bits per heavy atom. The summed E-state index contributed by atoms with van der Waals surface area (Å²) in [5, 5.41) is 25.4. The van der Waals surface area contributed by atoms with Gasteiger partial charge in [0.2, 0.25) is 0 Å². The second-order valence-electron chi connectivity index (χ2n) is 6.65. The van der Waals surface area contributed by atoms with Crippen LogP contribution in [0, 0.1) is 27.2 Å². The summed E-state index contributed by atoms with van der Waals surface area (Å²) < 4.78 is 0. The van der Waals surface area contributed by atoms with E-state index in [0.717, 1.165) is 28.0 Å². The normalized spacial score (nSPS) is 10.7. The number of nitro benzene ring substituents is 2. The van der Waals surface area contributed by atoms with Crippen molar-refractivity contribution < 1.29 is 14.6 Å². The molecule has 0 saturated carbocycles. The molecule has 4 rings (SSSR count). The van der Waals surface area contributed by atoms with Gasteiger partial charge in [0.1, 0.15) is 5.69 Å². The largest absolute Gasteiger partial charge is 0.316 e. The third-order valence-electron chi connectivity index (χ3n) is 4.59. The Balaban J connectivity index is 1.79. The minimum atomic E-state index is -0.771. The topological polar surface area (TPSA) is 128 Å². The predicted molar refractivity (Wildman–Crippen MR) is 117 cm³/mol. The van der Waals surface area contributed by atoms with Gasteiger partial charge in [0, 0.05) is 16.3 Å². The van der Waals surface area contributed by atoms with Crippen LogP contribution >= 0.6 is 11.3 Å². The van der Waals surface area contributed by atoms with Crippen molar-refractivity contribution in [2.45, 2.75) is 6.92 Å². The van der Waals surface area contributed by atoms with Crippen LogP contribution in [0.2, 0.25) is 0 Å². The van der Waals surface area contributed by atoms with Gasteiger partial charge in [-0.2, -0.15) is 0 Å². The fourth-order valence-corrected chi connectivity index (χ4v) is 3.97. The highest BCUT2D eigenvalue weighted by molar-refractivity contribution is 7.15. The van der Waals surface area contributed by atoms with Crippen molar-refractivity contribution in [2.24, 2.45) is 0 Å². The number of aryl methyl sites for hydroxylation is 1. The monoisotopic (exact) mass is 434 g/mol. The highest BCUT2D eigenvalue weighted by Crippen LogP contribution is 2.32. The molecule has 0 unspecified atom stereocenters. The number of nitro groups is 2. The number of anilines is 1. The van der Waals surface area contributed by atoms with Crippen LogP contribution in [0.25, 0.3) is 21.5 Å². The van der Waals surface area contributed by atoms with Crippen molar-refractivity contribution in [3.8, 4) is 10.6 Å². The summed E-state index contributed by atoms with van der Waals surface area (Å²) in [6.45, 7) is 1.97. The van der Waals surface area contributed by atoms with Gasteiger partial charge in [-0.05, 0) is 37.3 Å². The number of nitrogens with one attached hydrogen (secondary N) is 1. The number of pyridine rings is 1. The van der Waals surface area contributed by atoms with Crippen LogP contribution in [0.5, 0.6) is 0 Å². The molecule has 0 radical (unpaired) electrons. The summed E-state index contributed by atoms with van der Waals surface area (Å²) >= 11 is 1.54. The fourth-order valence-electron chi connectivity index (χ4n) is 3.14. The van der Waals surface area contributed by atoms with Crippen molar-refractivity contribution in [2.75, 3.05) is 5.32 Å². The second-order valence-corrected chi connectivity index (χ2v) is 7.94. The molecule has 1 N–H and O–H groups in total. The van der Waals surface area contributed by atoms with Gasteiger partial charge in [-0.15, -0.1) is 11.3 Å². The number of non-ortho nitro benzene ring substituents is 1. The van der Waals surface area contributed by atoms with Gasteiger partial charge in [0.15, 0.2) is 0 Å². The van der Waals surface area contributed by atoms with Crippen molar-refractivity contribution in [3.05, 3.63) is 91.3 Å². The number of carbonyl (C=O) groups excluding carboxylic acids is 1. The third kappa shape index (κ3) is 3.96. The van der Waals surface area contributed by atoms with E-state index in [-0.39, 0.29) is 5.69 Å². The van der Waals surface area contributed by atoms with E-state index in [0.29, 0.717) is 22.2 Å². The molecule has 0 aliphatic heterocycles. The SMILES string of the molecule is Cc1ccc(-c2cc(C(=O)Nc3ccc([N+](=O)[O-])cc3[N+](=O)[O-])c3ccccc3n2)s1. The van der Waals surface area contributed by atoms with E-state index in [1.807, 2.05) is 25.1 Å². The summed E-state index contributed by atoms with van der Waals surface area (Å²) in [4.78, 5) is 40.6. The fraction of sp³-hybridized carbons (Fsp3) is 0.0476. The summed E-state index contributed by atoms with van der Waals surface area (Å²) in [5.74, 6) is -0.579. The Labute approximate surface area is 179 Å². The first kappa shape index (κ1) is 20.1. The molecule has 0 aliphatic rings. The van der Waals surface area contributed by atoms with Gasteiger partial charge in [0.05, 0.1) is 37.6 Å². The van der Waals surface area contributed by atoms with Crippen LogP contribution in [0.15, 0.2) is 60.7 Å². The highest BCUT2D eigenvalue weighted by atomic mass is 32.1. The quantitative estimate of drug-likeness (QED) is 0.333. The molecule has 2 aromatic heterocycles. The lowest BCUT2D eigenvalue weighted by Crippen LogP contribution is -2.14. The molecule has 0 atom stereocenters. The van der Waals surface area contributed by atoms with Gasteiger partial charge >= 0.3 is 0 Å². The van der Waals surface area contributed by atoms with E-state index in [9.17, 15) is 25.0 Å². The maximum absolute atomic E-state index is 13.1. The van der Waals surface area contributed by atoms with Crippen LogP contribution in [-0.4, -0.2) is 20.7 Å². The molecule has 9 nitrogen and oxygen atoms in total. The number of hydrogen-bond acceptors (Lipinski definition) is 7. The molecular weight excluding hydrogens is 420 g/mol. The first-order valence-corrected chi connectivity index (χ1v) is 9.86. The molecule has 10 heteroatoms. The van der Waals surface area contributed by atoms with E-state index in [1.54, 1.807) is 24.3 Å². The van der Waals surface area contributed by atoms with Gasteiger partial charge < -0.3 is 5.32 Å². The van der Waals surface area contributed by atoms with Crippen molar-refractivity contribution in [3.63, 3.8) is 0 Å². The van der Waals surface area contributed by atoms with E-state index in [2.05, 4.69) is 10.3 Å². The number of aromatic nitrogens is 1. The Kier molecular flexibility index (Phi) is 5.14. The van der Waals surface area contributed by atoms with Crippen LogP contribution in [0.4, 0.5) is 17.1 Å². The zero-order valence-electron chi connectivity index (χ0n) is 16.1. The molecule has 1 amide bonds. The zero-order chi connectivity index (χ0) is 22.1. The number of para-hydroxylation sites is 1. The van der Waals surface area contributed by atoms with E-state index >= 15 is 0 Å². The molecule has 0 spiro atoms. The summed E-state index contributed by atoms with van der Waals surface area (Å²) in [5.41, 5.74) is 0.383. The number of hydrogen-bond donors (Lipinski definition) is 1. The average Bonchev–Trinajstić information content (AvgIpc) is 3.19. The molecule has 2 aromatic carbocycles. The van der Waals surface area contributed by atoms with Crippen molar-refractivity contribution in [1.29, 1.82) is 0 Å². The van der Waals surface area contributed by atoms with E-state index in [1.165, 1.54) is 11.3 Å². The third-order valence-corrected chi connectivity index (χ3v) is 5.61. The lowest BCUT2D eigenvalue weighted by molar-refractivity contribution is -0.393. The standard InChI is InChI=1S/C21H14N4O5S/c1-12-6-9-20(31-12)18-11-15(14-4-2-3-5-16(14)22-18)21(26)23-17-8-7-13(24(27)28)10-19(17)25(29)30/h2-11H,1H3,(H,23,26). The Hall–Kier alpha value is -4.18. The van der Waals surface area contributed by atoms with E-state index in [4.69, 9.17) is 0 Å². The van der Waals surface area contributed by atoms with Gasteiger partial charge in [-0.25, -0.2) is 4.98 Å². The van der Waals surface area contributed by atoms with Gasteiger partial charge in [-0.3, -0.25) is 25.0 Å². The zero-order valence-corrected chi connectivity index (χ0v) is 16.9. The molecule has 0 bridgehead atoms. The number of fused-ring (bicyclic) bond motifs is 1. The number of carbonyl (C=O) groups is 1. The lowest BCUT2D eigenvalue weighted by Gasteiger charge is -2.10. The van der Waals surface area contributed by atoms with Crippen molar-refractivity contribution >= 4 is 45.2 Å². The lowest BCUT2D eigenvalue weighted by atomic mass is 10.1. The summed E-state index contributed by atoms with van der Waals surface area (Å²) in [6.07, 6.45) is 0. The average molecular weight is 434 g/mol.